The smallest absolute Gasteiger partial charge is 0.387 e. The van der Waals surface area contributed by atoms with E-state index in [1.165, 1.54) is 35.6 Å². The second kappa shape index (κ2) is 5.88. The van der Waals surface area contributed by atoms with Crippen LogP contribution in [-0.4, -0.2) is 17.4 Å². The van der Waals surface area contributed by atoms with E-state index in [9.17, 15) is 13.6 Å². The molecule has 0 saturated heterocycles. The van der Waals surface area contributed by atoms with Crippen molar-refractivity contribution in [3.8, 4) is 5.75 Å². The molecule has 1 aromatic carbocycles. The number of benzene rings is 1. The summed E-state index contributed by atoms with van der Waals surface area (Å²) in [6.45, 7) is -0.999. The molecule has 0 aliphatic rings. The minimum atomic E-state index is -2.86. The molecule has 19 heavy (non-hydrogen) atoms. The summed E-state index contributed by atoms with van der Waals surface area (Å²) in [5, 5.41) is 2.62. The highest BCUT2D eigenvalue weighted by molar-refractivity contribution is 7.09. The summed E-state index contributed by atoms with van der Waals surface area (Å²) in [5.41, 5.74) is 1.34. The average molecular weight is 283 g/mol. The molecule has 0 radical (unpaired) electrons. The van der Waals surface area contributed by atoms with E-state index in [-0.39, 0.29) is 18.0 Å². The van der Waals surface area contributed by atoms with Crippen LogP contribution in [0.3, 0.4) is 0 Å². The number of carbonyl (C=O) groups is 1. The highest BCUT2D eigenvalue weighted by Gasteiger charge is 2.10. The first-order valence-corrected chi connectivity index (χ1v) is 6.41. The van der Waals surface area contributed by atoms with Crippen molar-refractivity contribution < 1.29 is 18.3 Å². The monoisotopic (exact) mass is 283 g/mol. The summed E-state index contributed by atoms with van der Waals surface area (Å²) >= 11 is 1.43. The molecular weight excluding hydrogens is 272 g/mol. The Morgan fingerprint density at radius 2 is 2.05 bits per heavy atom. The van der Waals surface area contributed by atoms with Gasteiger partial charge in [0.2, 0.25) is 0 Å². The lowest BCUT2D eigenvalue weighted by Gasteiger charge is -2.04. The average Bonchev–Trinajstić information content (AvgIpc) is 2.75. The van der Waals surface area contributed by atoms with E-state index in [2.05, 4.69) is 9.72 Å². The number of ketones is 1. The van der Waals surface area contributed by atoms with Crippen molar-refractivity contribution in [1.82, 2.24) is 4.98 Å². The third kappa shape index (κ3) is 3.82. The highest BCUT2D eigenvalue weighted by Crippen LogP contribution is 2.17. The molecule has 0 N–H and O–H groups in total. The van der Waals surface area contributed by atoms with E-state index in [0.29, 0.717) is 5.56 Å². The molecule has 0 spiro atoms. The molecule has 1 aromatic heterocycles. The summed E-state index contributed by atoms with van der Waals surface area (Å²) in [7, 11) is 0. The summed E-state index contributed by atoms with van der Waals surface area (Å²) in [4.78, 5) is 16.1. The first-order chi connectivity index (χ1) is 9.04. The number of nitrogens with zero attached hydrogens (tertiary/aromatic N) is 1. The van der Waals surface area contributed by atoms with Gasteiger partial charge in [-0.2, -0.15) is 8.78 Å². The molecule has 0 amide bonds. The van der Waals surface area contributed by atoms with Crippen molar-refractivity contribution in [2.45, 2.75) is 20.0 Å². The molecule has 0 atom stereocenters. The normalized spacial score (nSPS) is 10.7. The Kier molecular flexibility index (Phi) is 4.21. The van der Waals surface area contributed by atoms with Crippen molar-refractivity contribution in [1.29, 1.82) is 0 Å². The van der Waals surface area contributed by atoms with Crippen LogP contribution in [0, 0.1) is 6.92 Å². The number of carbonyl (C=O) groups excluding carboxylic acids is 1. The molecule has 3 nitrogen and oxygen atoms in total. The molecule has 0 bridgehead atoms. The minimum Gasteiger partial charge on any atom is -0.435 e. The maximum absolute atomic E-state index is 12.0. The van der Waals surface area contributed by atoms with Gasteiger partial charge in [0.25, 0.3) is 0 Å². The van der Waals surface area contributed by atoms with Gasteiger partial charge in [-0.3, -0.25) is 4.79 Å². The number of hydrogen-bond acceptors (Lipinski definition) is 4. The molecule has 0 saturated carbocycles. The first-order valence-electron chi connectivity index (χ1n) is 5.53. The summed E-state index contributed by atoms with van der Waals surface area (Å²) in [6.07, 6.45) is 0.216. The van der Waals surface area contributed by atoms with Crippen LogP contribution in [0.4, 0.5) is 8.78 Å². The molecule has 0 unspecified atom stereocenters. The van der Waals surface area contributed by atoms with Crippen molar-refractivity contribution in [3.63, 3.8) is 0 Å². The van der Waals surface area contributed by atoms with Gasteiger partial charge in [-0.05, 0) is 31.2 Å². The van der Waals surface area contributed by atoms with Gasteiger partial charge in [0.15, 0.2) is 5.78 Å². The van der Waals surface area contributed by atoms with Crippen molar-refractivity contribution >= 4 is 17.1 Å². The molecule has 2 rings (SSSR count). The van der Waals surface area contributed by atoms with Crippen molar-refractivity contribution in [2.24, 2.45) is 0 Å². The van der Waals surface area contributed by atoms with Gasteiger partial charge >= 0.3 is 6.61 Å². The predicted molar refractivity (Wildman–Crippen MR) is 68.0 cm³/mol. The quantitative estimate of drug-likeness (QED) is 0.789. The molecule has 6 heteroatoms. The van der Waals surface area contributed by atoms with Crippen LogP contribution >= 0.6 is 11.3 Å². The number of alkyl halides is 2. The zero-order valence-electron chi connectivity index (χ0n) is 10.1. The van der Waals surface area contributed by atoms with Crippen LogP contribution in [0.25, 0.3) is 0 Å². The van der Waals surface area contributed by atoms with E-state index in [1.807, 2.05) is 12.3 Å². The van der Waals surface area contributed by atoms with Gasteiger partial charge in [-0.25, -0.2) is 4.98 Å². The zero-order valence-corrected chi connectivity index (χ0v) is 10.9. The SMILES string of the molecule is Cc1csc(CC(=O)c2ccc(OC(F)F)cc2)n1. The van der Waals surface area contributed by atoms with Crippen LogP contribution in [0.1, 0.15) is 21.1 Å². The fourth-order valence-electron chi connectivity index (χ4n) is 1.55. The van der Waals surface area contributed by atoms with Gasteiger partial charge in [0, 0.05) is 16.6 Å². The lowest BCUT2D eigenvalue weighted by molar-refractivity contribution is -0.0498. The number of ether oxygens (including phenoxy) is 1. The van der Waals surface area contributed by atoms with E-state index in [4.69, 9.17) is 0 Å². The Hall–Kier alpha value is -1.82. The fraction of sp³-hybridized carbons (Fsp3) is 0.231. The summed E-state index contributed by atoms with van der Waals surface area (Å²) < 4.78 is 28.2. The minimum absolute atomic E-state index is 0.0386. The van der Waals surface area contributed by atoms with Crippen LogP contribution in [0.2, 0.25) is 0 Å². The van der Waals surface area contributed by atoms with Crippen LogP contribution in [0.15, 0.2) is 29.6 Å². The topological polar surface area (TPSA) is 39.2 Å². The Morgan fingerprint density at radius 1 is 1.37 bits per heavy atom. The first kappa shape index (κ1) is 13.6. The standard InChI is InChI=1S/C13H11F2NO2S/c1-8-7-19-12(16-8)6-11(17)9-2-4-10(5-3-9)18-13(14)15/h2-5,7,13H,6H2,1H3. The largest absolute Gasteiger partial charge is 0.435 e. The predicted octanol–water partition coefficient (Wildman–Crippen LogP) is 3.48. The molecule has 0 fully saturated rings. The van der Waals surface area contributed by atoms with E-state index < -0.39 is 6.61 Å². The number of Topliss-reactive ketones (excluding diaryl/α,β-unsaturated/α-hetero) is 1. The lowest BCUT2D eigenvalue weighted by atomic mass is 10.1. The molecular formula is C13H11F2NO2S. The lowest BCUT2D eigenvalue weighted by Crippen LogP contribution is -2.05. The van der Waals surface area contributed by atoms with E-state index in [0.717, 1.165) is 10.7 Å². The Balaban J connectivity index is 2.03. The van der Waals surface area contributed by atoms with Gasteiger partial charge < -0.3 is 4.74 Å². The fourth-order valence-corrected chi connectivity index (χ4v) is 2.32. The molecule has 1 heterocycles. The Labute approximate surface area is 112 Å². The van der Waals surface area contributed by atoms with E-state index in [1.54, 1.807) is 0 Å². The van der Waals surface area contributed by atoms with Gasteiger partial charge in [-0.15, -0.1) is 11.3 Å². The van der Waals surface area contributed by atoms with Gasteiger partial charge in [0.05, 0.1) is 6.42 Å². The second-order valence-corrected chi connectivity index (χ2v) is 4.83. The van der Waals surface area contributed by atoms with Crippen molar-refractivity contribution in [2.75, 3.05) is 0 Å². The third-order valence-corrected chi connectivity index (χ3v) is 3.35. The Morgan fingerprint density at radius 3 is 2.58 bits per heavy atom. The zero-order chi connectivity index (χ0) is 13.8. The maximum atomic E-state index is 12.0. The van der Waals surface area contributed by atoms with E-state index >= 15 is 0 Å². The maximum Gasteiger partial charge on any atom is 0.387 e. The number of rotatable bonds is 5. The van der Waals surface area contributed by atoms with Crippen LogP contribution < -0.4 is 4.74 Å². The number of aromatic nitrogens is 1. The van der Waals surface area contributed by atoms with Crippen molar-refractivity contribution in [3.05, 3.63) is 45.9 Å². The summed E-state index contributed by atoms with van der Waals surface area (Å²) in [6, 6.07) is 5.65. The number of halogens is 2. The van der Waals surface area contributed by atoms with Crippen LogP contribution in [-0.2, 0) is 6.42 Å². The van der Waals surface area contributed by atoms with Gasteiger partial charge in [-0.1, -0.05) is 0 Å². The highest BCUT2D eigenvalue weighted by atomic mass is 32.1. The second-order valence-electron chi connectivity index (χ2n) is 3.89. The Bertz CT molecular complexity index is 566. The number of thiazole rings is 1. The summed E-state index contributed by atoms with van der Waals surface area (Å²) in [5.74, 6) is -0.0606. The number of hydrogen-bond donors (Lipinski definition) is 0. The van der Waals surface area contributed by atoms with Crippen LogP contribution in [0.5, 0.6) is 5.75 Å². The van der Waals surface area contributed by atoms with Gasteiger partial charge in [0.1, 0.15) is 10.8 Å². The molecule has 0 aliphatic heterocycles. The third-order valence-electron chi connectivity index (χ3n) is 2.38. The molecule has 0 aliphatic carbocycles. The molecule has 2 aromatic rings. The molecule has 100 valence electrons. The number of aryl methyl sites for hydroxylation is 1.